The molecule has 0 aliphatic carbocycles. The van der Waals surface area contributed by atoms with Gasteiger partial charge in [0.05, 0.1) is 49.3 Å². The van der Waals surface area contributed by atoms with Crippen molar-refractivity contribution >= 4 is 23.4 Å². The van der Waals surface area contributed by atoms with Crippen LogP contribution in [0.3, 0.4) is 0 Å². The normalized spacial score (nSPS) is 15.2. The Labute approximate surface area is 212 Å². The van der Waals surface area contributed by atoms with Gasteiger partial charge in [0, 0.05) is 0 Å². The Bertz CT molecular complexity index is 1480. The fourth-order valence-corrected chi connectivity index (χ4v) is 5.16. The third kappa shape index (κ3) is 4.79. The van der Waals surface area contributed by atoms with Crippen LogP contribution in [0.15, 0.2) is 63.5 Å². The zero-order valence-corrected chi connectivity index (χ0v) is 21.7. The van der Waals surface area contributed by atoms with Crippen molar-refractivity contribution in [3.63, 3.8) is 0 Å². The average Bonchev–Trinajstić information content (AvgIpc) is 3.18. The van der Waals surface area contributed by atoms with Gasteiger partial charge in [0.1, 0.15) is 5.75 Å². The first-order valence-electron chi connectivity index (χ1n) is 11.6. The molecule has 0 bridgehead atoms. The number of methoxy groups -OCH3 is 2. The molecule has 3 aromatic rings. The highest BCUT2D eigenvalue weighted by Crippen LogP contribution is 2.32. The van der Waals surface area contributed by atoms with E-state index in [4.69, 9.17) is 18.9 Å². The summed E-state index contributed by atoms with van der Waals surface area (Å²) in [5, 5.41) is 0. The van der Waals surface area contributed by atoms with E-state index >= 15 is 0 Å². The number of thiazole rings is 1. The lowest BCUT2D eigenvalue weighted by Crippen LogP contribution is -2.39. The van der Waals surface area contributed by atoms with Crippen LogP contribution in [0.4, 0.5) is 0 Å². The lowest BCUT2D eigenvalue weighted by atomic mass is 9.96. The van der Waals surface area contributed by atoms with E-state index in [2.05, 4.69) is 4.99 Å². The predicted octanol–water partition coefficient (Wildman–Crippen LogP) is 3.21. The summed E-state index contributed by atoms with van der Waals surface area (Å²) in [4.78, 5) is 31.8. The van der Waals surface area contributed by atoms with Crippen LogP contribution in [0.25, 0.3) is 6.08 Å². The van der Waals surface area contributed by atoms with Crippen LogP contribution in [-0.2, 0) is 9.53 Å². The quantitative estimate of drug-likeness (QED) is 0.434. The third-order valence-electron chi connectivity index (χ3n) is 5.73. The summed E-state index contributed by atoms with van der Waals surface area (Å²) in [6.07, 6.45) is 1.78. The number of ether oxygens (including phenoxy) is 4. The van der Waals surface area contributed by atoms with Gasteiger partial charge >= 0.3 is 5.97 Å². The lowest BCUT2D eigenvalue weighted by molar-refractivity contribution is -0.139. The van der Waals surface area contributed by atoms with E-state index in [0.29, 0.717) is 44.5 Å². The van der Waals surface area contributed by atoms with E-state index in [1.54, 1.807) is 50.8 Å². The Balaban J connectivity index is 1.89. The van der Waals surface area contributed by atoms with E-state index in [9.17, 15) is 9.59 Å². The highest BCUT2D eigenvalue weighted by atomic mass is 32.1. The fraction of sp³-hybridized carbons (Fsp3) is 0.296. The van der Waals surface area contributed by atoms with E-state index in [1.807, 2.05) is 37.3 Å². The minimum atomic E-state index is -0.677. The second-order valence-electron chi connectivity index (χ2n) is 7.92. The van der Waals surface area contributed by atoms with Gasteiger partial charge in [-0.2, -0.15) is 0 Å². The van der Waals surface area contributed by atoms with Gasteiger partial charge in [0.15, 0.2) is 16.3 Å². The molecule has 0 saturated carbocycles. The molecule has 36 heavy (non-hydrogen) atoms. The van der Waals surface area contributed by atoms with Crippen LogP contribution in [-0.4, -0.2) is 38.0 Å². The molecule has 0 N–H and O–H groups in total. The first kappa shape index (κ1) is 25.2. The number of benzene rings is 2. The number of carbonyl (C=O) groups is 1. The van der Waals surface area contributed by atoms with Crippen molar-refractivity contribution in [3.05, 3.63) is 84.5 Å². The molecule has 1 atom stereocenters. The molecule has 8 nitrogen and oxygen atoms in total. The molecule has 188 valence electrons. The molecule has 9 heteroatoms. The van der Waals surface area contributed by atoms with Crippen LogP contribution >= 0.6 is 11.3 Å². The van der Waals surface area contributed by atoms with Gasteiger partial charge in [-0.15, -0.1) is 0 Å². The first-order valence-corrected chi connectivity index (χ1v) is 12.4. The van der Waals surface area contributed by atoms with E-state index in [-0.39, 0.29) is 12.2 Å². The highest BCUT2D eigenvalue weighted by Gasteiger charge is 2.33. The Morgan fingerprint density at radius 1 is 1.06 bits per heavy atom. The lowest BCUT2D eigenvalue weighted by Gasteiger charge is -2.24. The summed E-state index contributed by atoms with van der Waals surface area (Å²) >= 11 is 1.27. The minimum Gasteiger partial charge on any atom is -0.494 e. The van der Waals surface area contributed by atoms with Crippen molar-refractivity contribution in [1.82, 2.24) is 4.57 Å². The monoisotopic (exact) mass is 508 g/mol. The van der Waals surface area contributed by atoms with Gasteiger partial charge in [-0.25, -0.2) is 9.79 Å². The van der Waals surface area contributed by atoms with E-state index in [1.165, 1.54) is 11.3 Å². The van der Waals surface area contributed by atoms with Gasteiger partial charge in [0.25, 0.3) is 5.56 Å². The number of esters is 1. The topological polar surface area (TPSA) is 88.4 Å². The standard InChI is InChI=1S/C27H28N2O6S/c1-6-34-19-11-9-18(10-12-19)24-23(26(31)35-7-2)16(3)28-27-29(24)25(30)22(36-27)15-17-8-13-20(32-4)21(14-17)33-5/h8-15,24H,6-7H2,1-5H3/b22-15-. The summed E-state index contributed by atoms with van der Waals surface area (Å²) in [6.45, 7) is 6.18. The summed E-state index contributed by atoms with van der Waals surface area (Å²) < 4.78 is 23.7. The number of hydrogen-bond donors (Lipinski definition) is 0. The molecule has 2 heterocycles. The Kier molecular flexibility index (Phi) is 7.59. The molecular formula is C27H28N2O6S. The fourth-order valence-electron chi connectivity index (χ4n) is 4.11. The molecule has 0 radical (unpaired) electrons. The molecule has 1 unspecified atom stereocenters. The number of aromatic nitrogens is 1. The van der Waals surface area contributed by atoms with E-state index in [0.717, 1.165) is 11.1 Å². The molecular weight excluding hydrogens is 480 g/mol. The predicted molar refractivity (Wildman–Crippen MR) is 138 cm³/mol. The third-order valence-corrected chi connectivity index (χ3v) is 6.71. The summed E-state index contributed by atoms with van der Waals surface area (Å²) in [5.74, 6) is 1.38. The van der Waals surface area contributed by atoms with E-state index < -0.39 is 12.0 Å². The number of rotatable bonds is 8. The maximum absolute atomic E-state index is 13.7. The Morgan fingerprint density at radius 2 is 1.78 bits per heavy atom. The summed E-state index contributed by atoms with van der Waals surface area (Å²) in [7, 11) is 3.13. The zero-order valence-electron chi connectivity index (χ0n) is 20.9. The van der Waals surface area contributed by atoms with Crippen LogP contribution in [0, 0.1) is 0 Å². The molecule has 1 aromatic heterocycles. The molecule has 0 fully saturated rings. The zero-order chi connectivity index (χ0) is 25.8. The van der Waals surface area contributed by atoms with Gasteiger partial charge in [-0.3, -0.25) is 9.36 Å². The number of nitrogens with zero attached hydrogens (tertiary/aromatic N) is 2. The molecule has 0 saturated heterocycles. The van der Waals surface area contributed by atoms with Gasteiger partial charge in [0.2, 0.25) is 0 Å². The average molecular weight is 509 g/mol. The molecule has 4 rings (SSSR count). The summed E-state index contributed by atoms with van der Waals surface area (Å²) in [5.41, 5.74) is 2.14. The van der Waals surface area contributed by atoms with Gasteiger partial charge in [-0.1, -0.05) is 29.5 Å². The second-order valence-corrected chi connectivity index (χ2v) is 8.93. The van der Waals surface area contributed by atoms with Crippen molar-refractivity contribution in [2.45, 2.75) is 26.8 Å². The summed E-state index contributed by atoms with van der Waals surface area (Å²) in [6, 6.07) is 12.1. The van der Waals surface area contributed by atoms with Crippen molar-refractivity contribution in [2.75, 3.05) is 27.4 Å². The first-order chi connectivity index (χ1) is 17.4. The SMILES string of the molecule is CCOC(=O)C1=C(C)N=c2s/c(=C\c3ccc(OC)c(OC)c3)c(=O)n2C1c1ccc(OCC)cc1. The smallest absolute Gasteiger partial charge is 0.338 e. The second kappa shape index (κ2) is 10.8. The molecule has 0 spiro atoms. The number of carbonyl (C=O) groups excluding carboxylic acids is 1. The van der Waals surface area contributed by atoms with Crippen LogP contribution < -0.4 is 29.1 Å². The van der Waals surface area contributed by atoms with Crippen molar-refractivity contribution in [1.29, 1.82) is 0 Å². The van der Waals surface area contributed by atoms with Crippen LogP contribution in [0.5, 0.6) is 17.2 Å². The molecule has 0 amide bonds. The van der Waals surface area contributed by atoms with Crippen molar-refractivity contribution in [2.24, 2.45) is 4.99 Å². The van der Waals surface area contributed by atoms with Crippen LogP contribution in [0.1, 0.15) is 37.9 Å². The largest absolute Gasteiger partial charge is 0.494 e. The molecule has 2 aromatic carbocycles. The highest BCUT2D eigenvalue weighted by molar-refractivity contribution is 7.07. The number of allylic oxidation sites excluding steroid dienone is 1. The molecule has 1 aliphatic rings. The van der Waals surface area contributed by atoms with Crippen molar-refractivity contribution in [3.8, 4) is 17.2 Å². The van der Waals surface area contributed by atoms with Gasteiger partial charge in [-0.05, 0) is 62.2 Å². The maximum Gasteiger partial charge on any atom is 0.338 e. The maximum atomic E-state index is 13.7. The van der Waals surface area contributed by atoms with Gasteiger partial charge < -0.3 is 18.9 Å². The number of hydrogen-bond acceptors (Lipinski definition) is 8. The Hall–Kier alpha value is -3.85. The number of fused-ring (bicyclic) bond motifs is 1. The minimum absolute atomic E-state index is 0.218. The molecule has 1 aliphatic heterocycles. The van der Waals surface area contributed by atoms with Crippen LogP contribution in [0.2, 0.25) is 0 Å². The Morgan fingerprint density at radius 3 is 2.42 bits per heavy atom. The van der Waals surface area contributed by atoms with Crippen molar-refractivity contribution < 1.29 is 23.7 Å².